The summed E-state index contributed by atoms with van der Waals surface area (Å²) in [6, 6.07) is 7.33. The molecule has 1 aromatic rings. The minimum Gasteiger partial charge on any atom is -0.508 e. The molecule has 0 bridgehead atoms. The van der Waals surface area contributed by atoms with Crippen molar-refractivity contribution in [3.05, 3.63) is 29.8 Å². The molecular formula is C15H20N2O2. The zero-order valence-corrected chi connectivity index (χ0v) is 11.0. The fourth-order valence-electron chi connectivity index (χ4n) is 2.73. The lowest BCUT2D eigenvalue weighted by Crippen LogP contribution is -2.32. The second-order valence-corrected chi connectivity index (χ2v) is 5.31. The summed E-state index contributed by atoms with van der Waals surface area (Å²) >= 11 is 0. The highest BCUT2D eigenvalue weighted by Gasteiger charge is 2.27. The number of nitrogens with one attached hydrogen (secondary N) is 1. The van der Waals surface area contributed by atoms with Crippen LogP contribution in [-0.4, -0.2) is 36.7 Å². The van der Waals surface area contributed by atoms with Crippen molar-refractivity contribution >= 4 is 5.90 Å². The number of aromatic hydroxyl groups is 1. The third kappa shape index (κ3) is 3.07. The molecule has 2 aliphatic rings. The Morgan fingerprint density at radius 2 is 1.95 bits per heavy atom. The van der Waals surface area contributed by atoms with Crippen molar-refractivity contribution in [2.24, 2.45) is 10.9 Å². The summed E-state index contributed by atoms with van der Waals surface area (Å²) in [6.45, 7) is 2.89. The standard InChI is InChI=1S/C15H20N2O2/c18-13-3-1-11(2-4-13)9-14-10-17-15(19-14)12-5-7-16-8-6-12/h1-4,12,14,16,18H,5-10H2. The molecule has 19 heavy (non-hydrogen) atoms. The third-order valence-corrected chi connectivity index (χ3v) is 3.83. The zero-order chi connectivity index (χ0) is 13.1. The Morgan fingerprint density at radius 1 is 1.21 bits per heavy atom. The summed E-state index contributed by atoms with van der Waals surface area (Å²) in [6.07, 6.45) is 3.28. The summed E-state index contributed by atoms with van der Waals surface area (Å²) in [5, 5.41) is 12.6. The number of phenols is 1. The molecule has 0 spiro atoms. The number of benzene rings is 1. The van der Waals surface area contributed by atoms with Crippen LogP contribution >= 0.6 is 0 Å². The first-order valence-corrected chi connectivity index (χ1v) is 7.01. The molecule has 102 valence electrons. The van der Waals surface area contributed by atoms with Crippen LogP contribution in [0.2, 0.25) is 0 Å². The fraction of sp³-hybridized carbons (Fsp3) is 0.533. The van der Waals surface area contributed by atoms with Gasteiger partial charge in [-0.25, -0.2) is 0 Å². The van der Waals surface area contributed by atoms with Crippen molar-refractivity contribution in [1.82, 2.24) is 5.32 Å². The molecular weight excluding hydrogens is 240 g/mol. The maximum absolute atomic E-state index is 9.27. The Balaban J connectivity index is 1.54. The average molecular weight is 260 g/mol. The Labute approximate surface area is 113 Å². The van der Waals surface area contributed by atoms with Crippen molar-refractivity contribution in [3.63, 3.8) is 0 Å². The van der Waals surface area contributed by atoms with Crippen LogP contribution in [0.15, 0.2) is 29.3 Å². The molecule has 1 saturated heterocycles. The van der Waals surface area contributed by atoms with E-state index in [1.54, 1.807) is 12.1 Å². The predicted octanol–water partition coefficient (Wildman–Crippen LogP) is 1.73. The van der Waals surface area contributed by atoms with Gasteiger partial charge in [-0.15, -0.1) is 0 Å². The SMILES string of the molecule is Oc1ccc(CC2CN=C(C3CCNCC3)O2)cc1. The smallest absolute Gasteiger partial charge is 0.187 e. The van der Waals surface area contributed by atoms with E-state index in [1.807, 2.05) is 12.1 Å². The van der Waals surface area contributed by atoms with E-state index in [0.29, 0.717) is 11.7 Å². The molecule has 4 heteroatoms. The molecule has 0 saturated carbocycles. The van der Waals surface area contributed by atoms with Crippen LogP contribution in [0.4, 0.5) is 0 Å². The molecule has 1 unspecified atom stereocenters. The summed E-state index contributed by atoms with van der Waals surface area (Å²) in [4.78, 5) is 4.57. The van der Waals surface area contributed by atoms with Gasteiger partial charge in [-0.1, -0.05) is 12.1 Å². The summed E-state index contributed by atoms with van der Waals surface area (Å²) < 4.78 is 5.99. The highest BCUT2D eigenvalue weighted by molar-refractivity contribution is 5.80. The number of aliphatic imine (C=N–C) groups is 1. The Morgan fingerprint density at radius 3 is 2.68 bits per heavy atom. The second kappa shape index (κ2) is 5.61. The van der Waals surface area contributed by atoms with E-state index in [9.17, 15) is 5.11 Å². The molecule has 0 aromatic heterocycles. The average Bonchev–Trinajstić information content (AvgIpc) is 2.91. The van der Waals surface area contributed by atoms with E-state index in [0.717, 1.165) is 44.8 Å². The van der Waals surface area contributed by atoms with Crippen LogP contribution in [0.3, 0.4) is 0 Å². The van der Waals surface area contributed by atoms with Crippen molar-refractivity contribution in [2.75, 3.05) is 19.6 Å². The van der Waals surface area contributed by atoms with E-state index in [-0.39, 0.29) is 6.10 Å². The lowest BCUT2D eigenvalue weighted by molar-refractivity contribution is 0.204. The van der Waals surface area contributed by atoms with Crippen LogP contribution in [-0.2, 0) is 11.2 Å². The maximum Gasteiger partial charge on any atom is 0.187 e. The number of piperidine rings is 1. The lowest BCUT2D eigenvalue weighted by atomic mass is 9.98. The lowest BCUT2D eigenvalue weighted by Gasteiger charge is -2.23. The van der Waals surface area contributed by atoms with Gasteiger partial charge in [-0.05, 0) is 43.6 Å². The van der Waals surface area contributed by atoms with Gasteiger partial charge < -0.3 is 15.2 Å². The van der Waals surface area contributed by atoms with E-state index in [2.05, 4.69) is 10.3 Å². The monoisotopic (exact) mass is 260 g/mol. The molecule has 0 radical (unpaired) electrons. The Kier molecular flexibility index (Phi) is 3.69. The molecule has 1 aromatic carbocycles. The van der Waals surface area contributed by atoms with Crippen molar-refractivity contribution in [3.8, 4) is 5.75 Å². The van der Waals surface area contributed by atoms with Gasteiger partial charge in [0.05, 0.1) is 6.54 Å². The molecule has 1 atom stereocenters. The van der Waals surface area contributed by atoms with Gasteiger partial charge >= 0.3 is 0 Å². The molecule has 2 N–H and O–H groups in total. The van der Waals surface area contributed by atoms with Crippen LogP contribution in [0.1, 0.15) is 18.4 Å². The summed E-state index contributed by atoms with van der Waals surface area (Å²) in [7, 11) is 0. The largest absolute Gasteiger partial charge is 0.508 e. The number of phenolic OH excluding ortho intramolecular Hbond substituents is 1. The molecule has 1 fully saturated rings. The van der Waals surface area contributed by atoms with Gasteiger partial charge in [0.25, 0.3) is 0 Å². The number of hydrogen-bond donors (Lipinski definition) is 2. The summed E-state index contributed by atoms with van der Waals surface area (Å²) in [5.41, 5.74) is 1.18. The maximum atomic E-state index is 9.27. The second-order valence-electron chi connectivity index (χ2n) is 5.31. The van der Waals surface area contributed by atoms with Crippen LogP contribution < -0.4 is 5.32 Å². The highest BCUT2D eigenvalue weighted by atomic mass is 16.5. The van der Waals surface area contributed by atoms with Gasteiger partial charge in [-0.3, -0.25) is 4.99 Å². The van der Waals surface area contributed by atoms with Gasteiger partial charge in [0.1, 0.15) is 11.9 Å². The van der Waals surface area contributed by atoms with Crippen molar-refractivity contribution in [2.45, 2.75) is 25.4 Å². The topological polar surface area (TPSA) is 53.9 Å². The van der Waals surface area contributed by atoms with Crippen molar-refractivity contribution < 1.29 is 9.84 Å². The number of hydrogen-bond acceptors (Lipinski definition) is 4. The van der Waals surface area contributed by atoms with Gasteiger partial charge in [-0.2, -0.15) is 0 Å². The quantitative estimate of drug-likeness (QED) is 0.870. The van der Waals surface area contributed by atoms with Gasteiger partial charge in [0.2, 0.25) is 0 Å². The van der Waals surface area contributed by atoms with Gasteiger partial charge in [0, 0.05) is 12.3 Å². The predicted molar refractivity (Wildman–Crippen MR) is 74.6 cm³/mol. The molecule has 0 amide bonds. The Hall–Kier alpha value is -1.55. The highest BCUT2D eigenvalue weighted by Crippen LogP contribution is 2.22. The van der Waals surface area contributed by atoms with E-state index in [4.69, 9.17) is 4.74 Å². The molecule has 2 aliphatic heterocycles. The first-order chi connectivity index (χ1) is 9.31. The van der Waals surface area contributed by atoms with Crippen LogP contribution in [0.25, 0.3) is 0 Å². The first kappa shape index (κ1) is 12.5. The van der Waals surface area contributed by atoms with Crippen LogP contribution in [0, 0.1) is 5.92 Å². The molecule has 2 heterocycles. The minimum absolute atomic E-state index is 0.162. The van der Waals surface area contributed by atoms with E-state index < -0.39 is 0 Å². The number of nitrogens with zero attached hydrogens (tertiary/aromatic N) is 1. The Bertz CT molecular complexity index is 450. The third-order valence-electron chi connectivity index (χ3n) is 3.83. The van der Waals surface area contributed by atoms with E-state index >= 15 is 0 Å². The summed E-state index contributed by atoms with van der Waals surface area (Å²) in [5.74, 6) is 1.78. The number of ether oxygens (including phenoxy) is 1. The minimum atomic E-state index is 0.162. The normalized spacial score (nSPS) is 24.0. The molecule has 0 aliphatic carbocycles. The zero-order valence-electron chi connectivity index (χ0n) is 11.0. The van der Waals surface area contributed by atoms with E-state index in [1.165, 1.54) is 5.56 Å². The number of rotatable bonds is 3. The van der Waals surface area contributed by atoms with Crippen molar-refractivity contribution in [1.29, 1.82) is 0 Å². The first-order valence-electron chi connectivity index (χ1n) is 7.01. The van der Waals surface area contributed by atoms with Crippen LogP contribution in [0.5, 0.6) is 5.75 Å². The fourth-order valence-corrected chi connectivity index (χ4v) is 2.73. The molecule has 3 rings (SSSR count). The van der Waals surface area contributed by atoms with Gasteiger partial charge in [0.15, 0.2) is 5.90 Å². The molecule has 4 nitrogen and oxygen atoms in total.